The third-order valence-electron chi connectivity index (χ3n) is 2.47. The van der Waals surface area contributed by atoms with Crippen LogP contribution in [0.3, 0.4) is 0 Å². The number of rotatable bonds is 2. The zero-order chi connectivity index (χ0) is 9.97. The molecule has 2 rings (SSSR count). The predicted octanol–water partition coefficient (Wildman–Crippen LogP) is 2.18. The number of nitrogen functional groups attached to an aromatic ring is 1. The summed E-state index contributed by atoms with van der Waals surface area (Å²) in [5.41, 5.74) is 5.71. The second-order valence-electron chi connectivity index (χ2n) is 3.55. The fraction of sp³-hybridized carbons (Fsp3) is 0.556. The van der Waals surface area contributed by atoms with Gasteiger partial charge in [0.05, 0.1) is 6.20 Å². The molecule has 0 saturated heterocycles. The van der Waals surface area contributed by atoms with Gasteiger partial charge >= 0.3 is 0 Å². The van der Waals surface area contributed by atoms with Crippen LogP contribution in [0.15, 0.2) is 10.8 Å². The highest BCUT2D eigenvalue weighted by molar-refractivity contribution is 9.10. The topological polar surface area (TPSA) is 63.8 Å². The van der Waals surface area contributed by atoms with Crippen molar-refractivity contribution in [3.8, 4) is 0 Å². The minimum atomic E-state index is 0.472. The Kier molecular flexibility index (Phi) is 2.86. The van der Waals surface area contributed by atoms with E-state index in [0.717, 1.165) is 0 Å². The van der Waals surface area contributed by atoms with Crippen LogP contribution in [0.5, 0.6) is 0 Å². The molecule has 1 aromatic heterocycles. The summed E-state index contributed by atoms with van der Waals surface area (Å²) >= 11 is 3.28. The van der Waals surface area contributed by atoms with Gasteiger partial charge in [-0.25, -0.2) is 9.97 Å². The van der Waals surface area contributed by atoms with Gasteiger partial charge in [-0.1, -0.05) is 12.8 Å². The smallest absolute Gasteiger partial charge is 0.170 e. The molecule has 1 fully saturated rings. The lowest BCUT2D eigenvalue weighted by atomic mass is 10.2. The van der Waals surface area contributed by atoms with E-state index in [4.69, 9.17) is 5.73 Å². The van der Waals surface area contributed by atoms with Crippen molar-refractivity contribution < 1.29 is 0 Å². The van der Waals surface area contributed by atoms with E-state index in [-0.39, 0.29) is 0 Å². The third-order valence-corrected chi connectivity index (χ3v) is 2.85. The zero-order valence-electron chi connectivity index (χ0n) is 7.83. The van der Waals surface area contributed by atoms with Gasteiger partial charge in [-0.2, -0.15) is 0 Å². The van der Waals surface area contributed by atoms with E-state index in [1.54, 1.807) is 6.20 Å². The van der Waals surface area contributed by atoms with Crippen LogP contribution < -0.4 is 11.1 Å². The summed E-state index contributed by atoms with van der Waals surface area (Å²) < 4.78 is 0.715. The lowest BCUT2D eigenvalue weighted by Gasteiger charge is -2.13. The fourth-order valence-corrected chi connectivity index (χ4v) is 2.03. The molecule has 1 aromatic rings. The molecule has 1 heterocycles. The number of anilines is 2. The van der Waals surface area contributed by atoms with Crippen molar-refractivity contribution in [2.24, 2.45) is 0 Å². The Labute approximate surface area is 91.4 Å². The van der Waals surface area contributed by atoms with Gasteiger partial charge in [0.2, 0.25) is 0 Å². The molecule has 0 spiro atoms. The van der Waals surface area contributed by atoms with Gasteiger partial charge in [0.25, 0.3) is 0 Å². The maximum Gasteiger partial charge on any atom is 0.170 e. The molecule has 14 heavy (non-hydrogen) atoms. The molecular formula is C9H13BrN4. The molecule has 0 unspecified atom stereocenters. The Balaban J connectivity index is 2.10. The van der Waals surface area contributed by atoms with Gasteiger partial charge in [0.1, 0.15) is 4.60 Å². The van der Waals surface area contributed by atoms with Crippen molar-refractivity contribution in [1.82, 2.24) is 9.97 Å². The van der Waals surface area contributed by atoms with Crippen molar-refractivity contribution in [3.63, 3.8) is 0 Å². The number of aromatic nitrogens is 2. The molecule has 3 N–H and O–H groups in total. The van der Waals surface area contributed by atoms with Gasteiger partial charge in [-0.05, 0) is 28.8 Å². The molecule has 0 radical (unpaired) electrons. The van der Waals surface area contributed by atoms with Crippen LogP contribution in [0.2, 0.25) is 0 Å². The van der Waals surface area contributed by atoms with E-state index in [0.29, 0.717) is 22.3 Å². The number of nitrogens with zero attached hydrogens (tertiary/aromatic N) is 2. The van der Waals surface area contributed by atoms with Gasteiger partial charge < -0.3 is 11.1 Å². The van der Waals surface area contributed by atoms with Gasteiger partial charge in [0, 0.05) is 6.04 Å². The van der Waals surface area contributed by atoms with E-state index < -0.39 is 0 Å². The summed E-state index contributed by atoms with van der Waals surface area (Å²) in [6.45, 7) is 0. The number of hydrogen-bond donors (Lipinski definition) is 2. The summed E-state index contributed by atoms with van der Waals surface area (Å²) in [6, 6.07) is 0.515. The van der Waals surface area contributed by atoms with Crippen molar-refractivity contribution in [2.75, 3.05) is 11.1 Å². The third kappa shape index (κ3) is 2.15. The molecule has 0 bridgehead atoms. The Morgan fingerprint density at radius 2 is 2.14 bits per heavy atom. The largest absolute Gasteiger partial charge is 0.381 e. The fourth-order valence-electron chi connectivity index (χ4n) is 1.75. The first-order chi connectivity index (χ1) is 6.75. The van der Waals surface area contributed by atoms with E-state index in [9.17, 15) is 0 Å². The summed E-state index contributed by atoms with van der Waals surface area (Å²) in [7, 11) is 0. The minimum Gasteiger partial charge on any atom is -0.381 e. The first kappa shape index (κ1) is 9.71. The highest BCUT2D eigenvalue weighted by atomic mass is 79.9. The Hall–Kier alpha value is -0.840. The molecule has 1 aliphatic carbocycles. The van der Waals surface area contributed by atoms with Crippen LogP contribution in [0, 0.1) is 0 Å². The second-order valence-corrected chi connectivity index (χ2v) is 4.36. The number of nitrogens with two attached hydrogens (primary N) is 1. The van der Waals surface area contributed by atoms with Gasteiger partial charge in [0.15, 0.2) is 11.6 Å². The molecule has 5 heteroatoms. The number of hydrogen-bond acceptors (Lipinski definition) is 4. The van der Waals surface area contributed by atoms with Crippen LogP contribution in [0.25, 0.3) is 0 Å². The first-order valence-electron chi connectivity index (χ1n) is 4.80. The summed E-state index contributed by atoms with van der Waals surface area (Å²) in [6.07, 6.45) is 6.59. The molecule has 0 aliphatic heterocycles. The maximum absolute atomic E-state index is 5.71. The Morgan fingerprint density at radius 3 is 2.86 bits per heavy atom. The highest BCUT2D eigenvalue weighted by Gasteiger charge is 2.16. The number of halogens is 1. The van der Waals surface area contributed by atoms with Crippen LogP contribution in [-0.2, 0) is 0 Å². The second kappa shape index (κ2) is 4.13. The molecule has 4 nitrogen and oxygen atoms in total. The highest BCUT2D eigenvalue weighted by Crippen LogP contribution is 2.24. The van der Waals surface area contributed by atoms with Crippen molar-refractivity contribution in [3.05, 3.63) is 10.8 Å². The molecule has 0 atom stereocenters. The van der Waals surface area contributed by atoms with Crippen LogP contribution in [-0.4, -0.2) is 16.0 Å². The van der Waals surface area contributed by atoms with Crippen LogP contribution >= 0.6 is 15.9 Å². The van der Waals surface area contributed by atoms with Crippen molar-refractivity contribution >= 4 is 27.6 Å². The lowest BCUT2D eigenvalue weighted by molar-refractivity contribution is 0.749. The average Bonchev–Trinajstić information content (AvgIpc) is 2.64. The molecule has 0 aromatic carbocycles. The Morgan fingerprint density at radius 1 is 1.43 bits per heavy atom. The molecule has 76 valence electrons. The van der Waals surface area contributed by atoms with E-state index in [1.165, 1.54) is 25.7 Å². The summed E-state index contributed by atoms with van der Waals surface area (Å²) in [5.74, 6) is 1.17. The van der Waals surface area contributed by atoms with Crippen molar-refractivity contribution in [1.29, 1.82) is 0 Å². The first-order valence-corrected chi connectivity index (χ1v) is 5.59. The van der Waals surface area contributed by atoms with Gasteiger partial charge in [-0.3, -0.25) is 0 Å². The predicted molar refractivity (Wildman–Crippen MR) is 60.0 cm³/mol. The summed E-state index contributed by atoms with van der Waals surface area (Å²) in [4.78, 5) is 8.28. The monoisotopic (exact) mass is 256 g/mol. The molecule has 1 saturated carbocycles. The molecular weight excluding hydrogens is 244 g/mol. The molecule has 0 amide bonds. The summed E-state index contributed by atoms with van der Waals surface area (Å²) in [5, 5.41) is 3.32. The van der Waals surface area contributed by atoms with Crippen molar-refractivity contribution in [2.45, 2.75) is 31.7 Å². The normalized spacial score (nSPS) is 17.2. The SMILES string of the molecule is Nc1ncc(Br)nc1NC1CCCC1. The maximum atomic E-state index is 5.71. The number of nitrogens with one attached hydrogen (secondary N) is 1. The minimum absolute atomic E-state index is 0.472. The Bertz CT molecular complexity index is 323. The average molecular weight is 257 g/mol. The van der Waals surface area contributed by atoms with E-state index in [2.05, 4.69) is 31.2 Å². The zero-order valence-corrected chi connectivity index (χ0v) is 9.42. The van der Waals surface area contributed by atoms with Crippen LogP contribution in [0.4, 0.5) is 11.6 Å². The molecule has 1 aliphatic rings. The standard InChI is InChI=1S/C9H13BrN4/c10-7-5-12-8(11)9(14-7)13-6-3-1-2-4-6/h5-6H,1-4H2,(H2,11,12)(H,13,14). The lowest BCUT2D eigenvalue weighted by Crippen LogP contribution is -2.17. The quantitative estimate of drug-likeness (QED) is 0.852. The van der Waals surface area contributed by atoms with Gasteiger partial charge in [-0.15, -0.1) is 0 Å². The van der Waals surface area contributed by atoms with E-state index >= 15 is 0 Å². The van der Waals surface area contributed by atoms with Crippen LogP contribution in [0.1, 0.15) is 25.7 Å². The van der Waals surface area contributed by atoms with E-state index in [1.807, 2.05) is 0 Å².